The fraction of sp³-hybridized carbons (Fsp3) is 0.250. The van der Waals surface area contributed by atoms with E-state index in [9.17, 15) is 0 Å². The molecule has 0 atom stereocenters. The Labute approximate surface area is 89.9 Å². The van der Waals surface area contributed by atoms with Crippen LogP contribution in [-0.4, -0.2) is 0 Å². The van der Waals surface area contributed by atoms with E-state index in [1.807, 2.05) is 19.1 Å². The Morgan fingerprint density at radius 1 is 1.62 bits per heavy atom. The van der Waals surface area contributed by atoms with Gasteiger partial charge in [0, 0.05) is 20.7 Å². The molecular formula is C8H9IN4. The molecule has 0 bridgehead atoms. The molecular weight excluding hydrogens is 279 g/mol. The van der Waals surface area contributed by atoms with Gasteiger partial charge < -0.3 is 5.73 Å². The molecule has 0 aliphatic heterocycles. The second-order valence-electron chi connectivity index (χ2n) is 2.62. The topological polar surface area (TPSA) is 74.8 Å². The van der Waals surface area contributed by atoms with Gasteiger partial charge in [0.25, 0.3) is 0 Å². The Bertz CT molecular complexity index is 369. The number of hydrogen-bond acceptors (Lipinski definition) is 2. The largest absolute Gasteiger partial charge is 0.326 e. The lowest BCUT2D eigenvalue weighted by Gasteiger charge is -2.05. The summed E-state index contributed by atoms with van der Waals surface area (Å²) in [5.41, 5.74) is 16.5. The first-order chi connectivity index (χ1) is 6.19. The van der Waals surface area contributed by atoms with Crippen molar-refractivity contribution in [1.29, 1.82) is 0 Å². The Balaban J connectivity index is 3.32. The van der Waals surface area contributed by atoms with E-state index in [4.69, 9.17) is 11.3 Å². The predicted molar refractivity (Wildman–Crippen MR) is 60.6 cm³/mol. The number of rotatable bonds is 2. The van der Waals surface area contributed by atoms with Crippen molar-refractivity contribution in [3.05, 3.63) is 37.3 Å². The molecule has 1 aromatic rings. The highest BCUT2D eigenvalue weighted by Gasteiger charge is 2.02. The third-order valence-electron chi connectivity index (χ3n) is 1.76. The third kappa shape index (κ3) is 2.33. The first-order valence-electron chi connectivity index (χ1n) is 3.73. The van der Waals surface area contributed by atoms with Gasteiger partial charge in [-0.1, -0.05) is 5.11 Å². The molecule has 0 radical (unpaired) electrons. The summed E-state index contributed by atoms with van der Waals surface area (Å²) in [4.78, 5) is 2.76. The van der Waals surface area contributed by atoms with E-state index in [2.05, 4.69) is 32.6 Å². The van der Waals surface area contributed by atoms with Crippen molar-refractivity contribution in [3.63, 3.8) is 0 Å². The summed E-state index contributed by atoms with van der Waals surface area (Å²) in [6.45, 7) is 2.39. The number of nitrogens with two attached hydrogens (primary N) is 1. The van der Waals surface area contributed by atoms with Gasteiger partial charge in [-0.15, -0.1) is 0 Å². The Morgan fingerprint density at radius 2 is 2.31 bits per heavy atom. The van der Waals surface area contributed by atoms with Crippen LogP contribution in [-0.2, 0) is 6.54 Å². The quantitative estimate of drug-likeness (QED) is 0.386. The smallest absolute Gasteiger partial charge is 0.0418 e. The molecule has 0 heterocycles. The Morgan fingerprint density at radius 3 is 2.85 bits per heavy atom. The van der Waals surface area contributed by atoms with Crippen LogP contribution >= 0.6 is 22.6 Å². The molecule has 5 heteroatoms. The monoisotopic (exact) mass is 288 g/mol. The van der Waals surface area contributed by atoms with Crippen LogP contribution in [0.3, 0.4) is 0 Å². The van der Waals surface area contributed by atoms with Crippen LogP contribution in [0, 0.1) is 10.5 Å². The van der Waals surface area contributed by atoms with Crippen LogP contribution in [0.2, 0.25) is 0 Å². The van der Waals surface area contributed by atoms with Gasteiger partial charge in [-0.25, -0.2) is 0 Å². The fourth-order valence-electron chi connectivity index (χ4n) is 0.989. The SMILES string of the molecule is Cc1c(I)cc(CN)cc1N=[N+]=[N-]. The number of hydrogen-bond donors (Lipinski definition) is 1. The summed E-state index contributed by atoms with van der Waals surface area (Å²) in [5, 5.41) is 3.60. The lowest BCUT2D eigenvalue weighted by atomic mass is 10.1. The van der Waals surface area contributed by atoms with Gasteiger partial charge in [0.05, 0.1) is 0 Å². The second-order valence-corrected chi connectivity index (χ2v) is 3.78. The number of benzene rings is 1. The molecule has 2 N–H and O–H groups in total. The van der Waals surface area contributed by atoms with Crippen molar-refractivity contribution in [2.24, 2.45) is 10.8 Å². The van der Waals surface area contributed by atoms with E-state index in [1.165, 1.54) is 0 Å². The summed E-state index contributed by atoms with van der Waals surface area (Å²) >= 11 is 2.20. The molecule has 0 unspecified atom stereocenters. The van der Waals surface area contributed by atoms with Crippen LogP contribution in [0.4, 0.5) is 5.69 Å². The van der Waals surface area contributed by atoms with Gasteiger partial charge in [-0.05, 0) is 58.3 Å². The molecule has 0 aliphatic rings. The Hall–Kier alpha value is -0.780. The third-order valence-corrected chi connectivity index (χ3v) is 2.89. The fourth-order valence-corrected chi connectivity index (χ4v) is 1.67. The minimum absolute atomic E-state index is 0.463. The average molecular weight is 288 g/mol. The highest BCUT2D eigenvalue weighted by Crippen LogP contribution is 2.25. The van der Waals surface area contributed by atoms with Crippen LogP contribution < -0.4 is 5.73 Å². The van der Waals surface area contributed by atoms with Gasteiger partial charge in [0.15, 0.2) is 0 Å². The molecule has 4 nitrogen and oxygen atoms in total. The van der Waals surface area contributed by atoms with Crippen molar-refractivity contribution in [1.82, 2.24) is 0 Å². The van der Waals surface area contributed by atoms with E-state index in [1.54, 1.807) is 0 Å². The first-order valence-corrected chi connectivity index (χ1v) is 4.81. The minimum Gasteiger partial charge on any atom is -0.326 e. The van der Waals surface area contributed by atoms with Crippen molar-refractivity contribution < 1.29 is 0 Å². The van der Waals surface area contributed by atoms with Gasteiger partial charge in [0.2, 0.25) is 0 Å². The highest BCUT2D eigenvalue weighted by molar-refractivity contribution is 14.1. The molecule has 0 spiro atoms. The van der Waals surface area contributed by atoms with Crippen LogP contribution in [0.5, 0.6) is 0 Å². The zero-order valence-electron chi connectivity index (χ0n) is 7.16. The van der Waals surface area contributed by atoms with Gasteiger partial charge >= 0.3 is 0 Å². The van der Waals surface area contributed by atoms with Crippen molar-refractivity contribution in [2.45, 2.75) is 13.5 Å². The maximum Gasteiger partial charge on any atom is 0.0418 e. The van der Waals surface area contributed by atoms with Crippen LogP contribution in [0.1, 0.15) is 11.1 Å². The first kappa shape index (κ1) is 10.3. The predicted octanol–water partition coefficient (Wildman–Crippen LogP) is 3.00. The molecule has 0 amide bonds. The van der Waals surface area contributed by atoms with E-state index >= 15 is 0 Å². The number of azide groups is 1. The number of halogens is 1. The van der Waals surface area contributed by atoms with Crippen molar-refractivity contribution in [3.8, 4) is 0 Å². The Kier molecular flexibility index (Phi) is 3.53. The molecule has 0 saturated heterocycles. The molecule has 0 aliphatic carbocycles. The van der Waals surface area contributed by atoms with E-state index in [-0.39, 0.29) is 0 Å². The number of nitrogens with zero attached hydrogens (tertiary/aromatic N) is 3. The van der Waals surface area contributed by atoms with E-state index in [0.29, 0.717) is 12.2 Å². The summed E-state index contributed by atoms with van der Waals surface area (Å²) in [7, 11) is 0. The molecule has 0 aromatic heterocycles. The summed E-state index contributed by atoms with van der Waals surface area (Å²) in [6, 6.07) is 3.81. The van der Waals surface area contributed by atoms with Crippen LogP contribution in [0.25, 0.3) is 10.4 Å². The molecule has 0 saturated carbocycles. The average Bonchev–Trinajstić information content (AvgIpc) is 2.13. The van der Waals surface area contributed by atoms with Crippen LogP contribution in [0.15, 0.2) is 17.2 Å². The van der Waals surface area contributed by atoms with Gasteiger partial charge in [-0.2, -0.15) is 0 Å². The normalized spacial score (nSPS) is 9.46. The lowest BCUT2D eigenvalue weighted by Crippen LogP contribution is -1.97. The standard InChI is InChI=1S/C8H9IN4/c1-5-7(9)2-6(4-10)3-8(5)12-13-11/h2-3H,4,10H2,1H3. The summed E-state index contributed by atoms with van der Waals surface area (Å²) < 4.78 is 1.07. The summed E-state index contributed by atoms with van der Waals surface area (Å²) in [6.07, 6.45) is 0. The molecule has 68 valence electrons. The maximum absolute atomic E-state index is 8.32. The van der Waals surface area contributed by atoms with Crippen molar-refractivity contribution in [2.75, 3.05) is 0 Å². The maximum atomic E-state index is 8.32. The zero-order valence-corrected chi connectivity index (χ0v) is 9.32. The van der Waals surface area contributed by atoms with Crippen molar-refractivity contribution >= 4 is 28.3 Å². The molecule has 0 fully saturated rings. The van der Waals surface area contributed by atoms with Gasteiger partial charge in [-0.3, -0.25) is 0 Å². The molecule has 13 heavy (non-hydrogen) atoms. The van der Waals surface area contributed by atoms with Gasteiger partial charge in [0.1, 0.15) is 0 Å². The summed E-state index contributed by atoms with van der Waals surface area (Å²) in [5.74, 6) is 0. The second kappa shape index (κ2) is 4.45. The molecule has 1 aromatic carbocycles. The lowest BCUT2D eigenvalue weighted by molar-refractivity contribution is 1.06. The van der Waals surface area contributed by atoms with E-state index < -0.39 is 0 Å². The minimum atomic E-state index is 0.463. The van der Waals surface area contributed by atoms with E-state index in [0.717, 1.165) is 14.7 Å². The highest BCUT2D eigenvalue weighted by atomic mass is 127. The molecule has 1 rings (SSSR count). The zero-order chi connectivity index (χ0) is 9.84.